The number of hydrogen-bond acceptors (Lipinski definition) is 4. The van der Waals surface area contributed by atoms with Gasteiger partial charge < -0.3 is 4.74 Å². The van der Waals surface area contributed by atoms with E-state index >= 15 is 0 Å². The number of rotatable bonds is 4. The quantitative estimate of drug-likeness (QED) is 0.701. The molecule has 0 atom stereocenters. The molecule has 1 aromatic carbocycles. The molecule has 0 aromatic heterocycles. The van der Waals surface area contributed by atoms with E-state index in [9.17, 15) is 8.42 Å². The first kappa shape index (κ1) is 11.0. The second kappa shape index (κ2) is 4.41. The summed E-state index contributed by atoms with van der Waals surface area (Å²) in [4.78, 5) is 2.34. The van der Waals surface area contributed by atoms with Crippen molar-refractivity contribution in [1.82, 2.24) is 10.3 Å². The standard InChI is InChI=1S/C8H12N2O3S/c1-9-10-14(11,12)8-5-3-7(13-2)4-6-8/h3-6,9-10H,1-2H3. The third kappa shape index (κ3) is 2.44. The maximum atomic E-state index is 11.4. The number of sulfonamides is 1. The van der Waals surface area contributed by atoms with Crippen molar-refractivity contribution in [2.45, 2.75) is 4.90 Å². The smallest absolute Gasteiger partial charge is 0.253 e. The Balaban J connectivity index is 2.97. The minimum Gasteiger partial charge on any atom is -0.497 e. The summed E-state index contributed by atoms with van der Waals surface area (Å²) in [5.41, 5.74) is 2.37. The SMILES string of the molecule is CNNS(=O)(=O)c1ccc(OC)cc1. The fourth-order valence-electron chi connectivity index (χ4n) is 0.948. The highest BCUT2D eigenvalue weighted by Crippen LogP contribution is 2.14. The average Bonchev–Trinajstić information content (AvgIpc) is 2.18. The van der Waals surface area contributed by atoms with E-state index in [-0.39, 0.29) is 4.90 Å². The third-order valence-electron chi connectivity index (χ3n) is 1.61. The molecule has 1 aromatic rings. The fraction of sp³-hybridized carbons (Fsp3) is 0.250. The lowest BCUT2D eigenvalue weighted by molar-refractivity contribution is 0.414. The summed E-state index contributed by atoms with van der Waals surface area (Å²) in [7, 11) is -0.442. The molecule has 14 heavy (non-hydrogen) atoms. The lowest BCUT2D eigenvalue weighted by Gasteiger charge is -2.05. The number of nitrogens with one attached hydrogen (secondary N) is 2. The Morgan fingerprint density at radius 1 is 1.21 bits per heavy atom. The minimum atomic E-state index is -3.45. The number of hydrogen-bond donors (Lipinski definition) is 2. The zero-order valence-electron chi connectivity index (χ0n) is 7.94. The lowest BCUT2D eigenvalue weighted by atomic mass is 10.3. The molecule has 0 radical (unpaired) electrons. The molecule has 1 rings (SSSR count). The summed E-state index contributed by atoms with van der Waals surface area (Å²) in [5.74, 6) is 0.619. The Labute approximate surface area is 83.1 Å². The number of ether oxygens (including phenoxy) is 1. The topological polar surface area (TPSA) is 67.4 Å². The Kier molecular flexibility index (Phi) is 3.45. The largest absolute Gasteiger partial charge is 0.497 e. The van der Waals surface area contributed by atoms with E-state index in [0.717, 1.165) is 0 Å². The van der Waals surface area contributed by atoms with Crippen LogP contribution in [0.15, 0.2) is 29.2 Å². The van der Waals surface area contributed by atoms with Crippen molar-refractivity contribution in [2.24, 2.45) is 0 Å². The van der Waals surface area contributed by atoms with Crippen LogP contribution in [0, 0.1) is 0 Å². The highest BCUT2D eigenvalue weighted by molar-refractivity contribution is 7.89. The Morgan fingerprint density at radius 3 is 2.21 bits per heavy atom. The molecular formula is C8H12N2O3S. The first-order valence-corrected chi connectivity index (χ1v) is 5.41. The van der Waals surface area contributed by atoms with Gasteiger partial charge in [0, 0.05) is 0 Å². The van der Waals surface area contributed by atoms with Crippen molar-refractivity contribution < 1.29 is 13.2 Å². The van der Waals surface area contributed by atoms with Gasteiger partial charge in [0.1, 0.15) is 5.75 Å². The van der Waals surface area contributed by atoms with Gasteiger partial charge in [-0.3, -0.25) is 0 Å². The van der Waals surface area contributed by atoms with Gasteiger partial charge in [-0.15, -0.1) is 4.83 Å². The van der Waals surface area contributed by atoms with Crippen molar-refractivity contribution in [3.63, 3.8) is 0 Å². The van der Waals surface area contributed by atoms with Crippen molar-refractivity contribution in [1.29, 1.82) is 0 Å². The minimum absolute atomic E-state index is 0.188. The molecule has 0 bridgehead atoms. The van der Waals surface area contributed by atoms with Crippen LogP contribution in [-0.2, 0) is 10.0 Å². The summed E-state index contributed by atoms with van der Waals surface area (Å²) < 4.78 is 27.7. The van der Waals surface area contributed by atoms with Gasteiger partial charge in [-0.1, -0.05) is 0 Å². The molecular weight excluding hydrogens is 204 g/mol. The average molecular weight is 216 g/mol. The predicted molar refractivity (Wildman–Crippen MR) is 52.4 cm³/mol. The molecule has 0 fully saturated rings. The lowest BCUT2D eigenvalue weighted by Crippen LogP contribution is -2.34. The maximum Gasteiger partial charge on any atom is 0.253 e. The maximum absolute atomic E-state index is 11.4. The van der Waals surface area contributed by atoms with Gasteiger partial charge in [-0.05, 0) is 31.3 Å². The van der Waals surface area contributed by atoms with Crippen molar-refractivity contribution >= 4 is 10.0 Å². The molecule has 0 heterocycles. The Hall–Kier alpha value is -1.11. The molecule has 0 aliphatic heterocycles. The first-order chi connectivity index (χ1) is 6.60. The summed E-state index contributed by atoms with van der Waals surface area (Å²) in [5, 5.41) is 0. The van der Waals surface area contributed by atoms with E-state index in [1.165, 1.54) is 26.3 Å². The van der Waals surface area contributed by atoms with Gasteiger partial charge in [0.2, 0.25) is 0 Å². The van der Waals surface area contributed by atoms with Gasteiger partial charge in [0.25, 0.3) is 10.0 Å². The summed E-state index contributed by atoms with van der Waals surface area (Å²) >= 11 is 0. The van der Waals surface area contributed by atoms with Crippen LogP contribution < -0.4 is 15.0 Å². The van der Waals surface area contributed by atoms with Crippen molar-refractivity contribution in [2.75, 3.05) is 14.2 Å². The van der Waals surface area contributed by atoms with Crippen molar-refractivity contribution in [3.8, 4) is 5.75 Å². The molecule has 0 aliphatic carbocycles. The van der Waals surface area contributed by atoms with E-state index in [2.05, 4.69) is 10.3 Å². The number of methoxy groups -OCH3 is 1. The van der Waals surface area contributed by atoms with E-state index in [0.29, 0.717) is 5.75 Å². The van der Waals surface area contributed by atoms with Crippen LogP contribution in [0.2, 0.25) is 0 Å². The molecule has 0 unspecified atom stereocenters. The second-order valence-electron chi connectivity index (χ2n) is 2.53. The van der Waals surface area contributed by atoms with Crippen LogP contribution in [0.3, 0.4) is 0 Å². The van der Waals surface area contributed by atoms with Crippen LogP contribution in [-0.4, -0.2) is 22.6 Å². The molecule has 0 amide bonds. The number of benzene rings is 1. The van der Waals surface area contributed by atoms with Gasteiger partial charge in [0.05, 0.1) is 12.0 Å². The first-order valence-electron chi connectivity index (χ1n) is 3.93. The Bertz CT molecular complexity index is 386. The zero-order chi connectivity index (χ0) is 10.6. The molecule has 2 N–H and O–H groups in total. The molecule has 0 aliphatic rings. The van der Waals surface area contributed by atoms with Crippen LogP contribution in [0.4, 0.5) is 0 Å². The number of hydrazine groups is 1. The van der Waals surface area contributed by atoms with Gasteiger partial charge in [0.15, 0.2) is 0 Å². The van der Waals surface area contributed by atoms with Crippen LogP contribution >= 0.6 is 0 Å². The summed E-state index contributed by atoms with van der Waals surface area (Å²) in [6, 6.07) is 6.12. The van der Waals surface area contributed by atoms with Crippen LogP contribution in [0.5, 0.6) is 5.75 Å². The van der Waals surface area contributed by atoms with Crippen molar-refractivity contribution in [3.05, 3.63) is 24.3 Å². The third-order valence-corrected chi connectivity index (χ3v) is 2.97. The fourth-order valence-corrected chi connectivity index (χ4v) is 1.83. The van der Waals surface area contributed by atoms with E-state index in [1.54, 1.807) is 12.1 Å². The molecule has 78 valence electrons. The molecule has 0 saturated carbocycles. The van der Waals surface area contributed by atoms with Crippen LogP contribution in [0.25, 0.3) is 0 Å². The second-order valence-corrected chi connectivity index (χ2v) is 4.21. The van der Waals surface area contributed by atoms with Crippen LogP contribution in [0.1, 0.15) is 0 Å². The van der Waals surface area contributed by atoms with Gasteiger partial charge in [-0.25, -0.2) is 13.8 Å². The summed E-state index contributed by atoms with van der Waals surface area (Å²) in [6.45, 7) is 0. The summed E-state index contributed by atoms with van der Waals surface area (Å²) in [6.07, 6.45) is 0. The van der Waals surface area contributed by atoms with E-state index in [4.69, 9.17) is 4.74 Å². The normalized spacial score (nSPS) is 11.3. The van der Waals surface area contributed by atoms with Gasteiger partial charge in [-0.2, -0.15) is 0 Å². The monoisotopic (exact) mass is 216 g/mol. The highest BCUT2D eigenvalue weighted by atomic mass is 32.2. The van der Waals surface area contributed by atoms with E-state index in [1.807, 2.05) is 0 Å². The molecule has 5 nitrogen and oxygen atoms in total. The highest BCUT2D eigenvalue weighted by Gasteiger charge is 2.11. The zero-order valence-corrected chi connectivity index (χ0v) is 8.76. The molecule has 0 spiro atoms. The Morgan fingerprint density at radius 2 is 1.79 bits per heavy atom. The van der Waals surface area contributed by atoms with Gasteiger partial charge >= 0.3 is 0 Å². The predicted octanol–water partition coefficient (Wildman–Crippen LogP) is 0.108. The molecule has 0 saturated heterocycles. The van der Waals surface area contributed by atoms with E-state index < -0.39 is 10.0 Å². The molecule has 6 heteroatoms.